The first-order valence-corrected chi connectivity index (χ1v) is 8.77. The number of esters is 1. The molecule has 0 saturated heterocycles. The van der Waals surface area contributed by atoms with Gasteiger partial charge in [-0.2, -0.15) is 0 Å². The molecule has 0 aliphatic carbocycles. The van der Waals surface area contributed by atoms with Gasteiger partial charge in [-0.3, -0.25) is 0 Å². The van der Waals surface area contributed by atoms with Crippen molar-refractivity contribution in [2.45, 2.75) is 13.5 Å². The lowest BCUT2D eigenvalue weighted by molar-refractivity contribution is 0.0520. The monoisotopic (exact) mass is 365 g/mol. The molecule has 26 heavy (non-hydrogen) atoms. The first kappa shape index (κ1) is 17.6. The molecule has 0 spiro atoms. The summed E-state index contributed by atoms with van der Waals surface area (Å²) in [4.78, 5) is 15.7. The minimum atomic E-state index is -0.448. The van der Waals surface area contributed by atoms with E-state index in [0.29, 0.717) is 29.8 Å². The second kappa shape index (κ2) is 8.74. The second-order valence-electron chi connectivity index (χ2n) is 5.04. The van der Waals surface area contributed by atoms with Gasteiger partial charge in [-0.1, -0.05) is 30.3 Å². The molecule has 0 unspecified atom stereocenters. The molecule has 1 aromatic carbocycles. The number of aromatic nitrogens is 3. The van der Waals surface area contributed by atoms with Crippen molar-refractivity contribution >= 4 is 17.3 Å². The molecule has 0 aliphatic heterocycles. The maximum atomic E-state index is 11.6. The molecular weight excluding hydrogens is 350 g/mol. The van der Waals surface area contributed by atoms with Crippen LogP contribution in [-0.2, 0) is 11.3 Å². The summed E-state index contributed by atoms with van der Waals surface area (Å²) in [7, 11) is 0. The van der Waals surface area contributed by atoms with Gasteiger partial charge in [0.15, 0.2) is 10.7 Å². The fraction of sp³-hybridized carbons (Fsp3) is 0.158. The minimum Gasteiger partial charge on any atom is -0.472 e. The summed E-state index contributed by atoms with van der Waals surface area (Å²) in [6, 6.07) is 13.3. The molecule has 0 fully saturated rings. The van der Waals surface area contributed by atoms with Gasteiger partial charge in [-0.15, -0.1) is 21.5 Å². The van der Waals surface area contributed by atoms with E-state index in [-0.39, 0.29) is 5.69 Å². The standard InChI is InChI=1S/C19H15N3O3S/c1-2-24-19(23)16-13-26-18(20-16)11-9-15-8-10-17(22-21-15)25-12-14-6-4-3-5-7-14/h3-8,10,13H,2,12H2,1H3. The number of thiazole rings is 1. The first-order valence-electron chi connectivity index (χ1n) is 7.89. The predicted molar refractivity (Wildman–Crippen MR) is 96.9 cm³/mol. The van der Waals surface area contributed by atoms with Crippen molar-refractivity contribution in [3.8, 4) is 17.7 Å². The summed E-state index contributed by atoms with van der Waals surface area (Å²) in [5.41, 5.74) is 1.81. The van der Waals surface area contributed by atoms with Crippen LogP contribution in [0.2, 0.25) is 0 Å². The third-order valence-corrected chi connectivity index (χ3v) is 3.91. The lowest BCUT2D eigenvalue weighted by Crippen LogP contribution is -2.04. The van der Waals surface area contributed by atoms with Crippen molar-refractivity contribution in [1.29, 1.82) is 0 Å². The van der Waals surface area contributed by atoms with Gasteiger partial charge >= 0.3 is 5.97 Å². The van der Waals surface area contributed by atoms with E-state index in [1.54, 1.807) is 24.4 Å². The van der Waals surface area contributed by atoms with Crippen molar-refractivity contribution in [3.63, 3.8) is 0 Å². The molecule has 0 radical (unpaired) electrons. The topological polar surface area (TPSA) is 74.2 Å². The van der Waals surface area contributed by atoms with Gasteiger partial charge in [-0.05, 0) is 30.4 Å². The Kier molecular flexibility index (Phi) is 5.91. The Hall–Kier alpha value is -3.24. The van der Waals surface area contributed by atoms with Gasteiger partial charge in [0.1, 0.15) is 12.3 Å². The fourth-order valence-corrected chi connectivity index (χ4v) is 2.58. The molecule has 3 aromatic rings. The van der Waals surface area contributed by atoms with Crippen LogP contribution in [0.4, 0.5) is 0 Å². The Morgan fingerprint density at radius 3 is 2.69 bits per heavy atom. The van der Waals surface area contributed by atoms with Crippen LogP contribution in [0.1, 0.15) is 33.7 Å². The minimum absolute atomic E-state index is 0.261. The lowest BCUT2D eigenvalue weighted by atomic mass is 10.2. The van der Waals surface area contributed by atoms with Crippen LogP contribution in [0.15, 0.2) is 47.8 Å². The summed E-state index contributed by atoms with van der Waals surface area (Å²) in [5, 5.41) is 10.1. The van der Waals surface area contributed by atoms with E-state index in [1.165, 1.54) is 11.3 Å². The highest BCUT2D eigenvalue weighted by Crippen LogP contribution is 2.11. The number of rotatable bonds is 5. The maximum Gasteiger partial charge on any atom is 0.357 e. The quantitative estimate of drug-likeness (QED) is 0.511. The van der Waals surface area contributed by atoms with Gasteiger partial charge in [-0.25, -0.2) is 9.78 Å². The van der Waals surface area contributed by atoms with Crippen molar-refractivity contribution in [1.82, 2.24) is 15.2 Å². The van der Waals surface area contributed by atoms with E-state index < -0.39 is 5.97 Å². The third-order valence-electron chi connectivity index (χ3n) is 3.16. The van der Waals surface area contributed by atoms with Gasteiger partial charge in [0.05, 0.1) is 6.61 Å². The van der Waals surface area contributed by atoms with Crippen LogP contribution < -0.4 is 4.74 Å². The molecule has 0 aliphatic rings. The average molecular weight is 365 g/mol. The van der Waals surface area contributed by atoms with E-state index in [4.69, 9.17) is 9.47 Å². The average Bonchev–Trinajstić information content (AvgIpc) is 3.16. The van der Waals surface area contributed by atoms with Crippen molar-refractivity contribution in [3.05, 3.63) is 69.8 Å². The number of ether oxygens (including phenoxy) is 2. The molecule has 3 rings (SSSR count). The highest BCUT2D eigenvalue weighted by atomic mass is 32.1. The summed E-state index contributed by atoms with van der Waals surface area (Å²) in [6.45, 7) is 2.48. The molecule has 0 bridgehead atoms. The molecule has 7 heteroatoms. The largest absolute Gasteiger partial charge is 0.472 e. The summed E-state index contributed by atoms with van der Waals surface area (Å²) in [5.74, 6) is 5.71. The molecule has 0 amide bonds. The van der Waals surface area contributed by atoms with Crippen LogP contribution in [0.25, 0.3) is 0 Å². The van der Waals surface area contributed by atoms with Gasteiger partial charge in [0.2, 0.25) is 5.88 Å². The normalized spacial score (nSPS) is 9.88. The summed E-state index contributed by atoms with van der Waals surface area (Å²) < 4.78 is 10.5. The van der Waals surface area contributed by atoms with Crippen LogP contribution in [0.5, 0.6) is 5.88 Å². The zero-order valence-corrected chi connectivity index (χ0v) is 14.8. The van der Waals surface area contributed by atoms with Gasteiger partial charge < -0.3 is 9.47 Å². The summed E-state index contributed by atoms with van der Waals surface area (Å²) in [6.07, 6.45) is 0. The highest BCUT2D eigenvalue weighted by Gasteiger charge is 2.10. The van der Waals surface area contributed by atoms with E-state index in [0.717, 1.165) is 5.56 Å². The Balaban J connectivity index is 1.59. The van der Waals surface area contributed by atoms with Crippen LogP contribution in [0.3, 0.4) is 0 Å². The number of hydrogen-bond donors (Lipinski definition) is 0. The molecule has 0 N–H and O–H groups in total. The number of nitrogens with zero attached hydrogens (tertiary/aromatic N) is 3. The van der Waals surface area contributed by atoms with E-state index in [1.807, 2.05) is 30.3 Å². The van der Waals surface area contributed by atoms with E-state index >= 15 is 0 Å². The molecule has 2 aromatic heterocycles. The smallest absolute Gasteiger partial charge is 0.357 e. The van der Waals surface area contributed by atoms with Crippen LogP contribution in [0, 0.1) is 11.8 Å². The molecule has 0 saturated carbocycles. The predicted octanol–water partition coefficient (Wildman–Crippen LogP) is 3.09. The Morgan fingerprint density at radius 2 is 1.96 bits per heavy atom. The number of carbonyl (C=O) groups excluding carboxylic acids is 1. The first-order chi connectivity index (χ1) is 12.7. The zero-order valence-electron chi connectivity index (χ0n) is 14.0. The SMILES string of the molecule is CCOC(=O)c1csc(C#Cc2ccc(OCc3ccccc3)nn2)n1. The third kappa shape index (κ3) is 4.88. The van der Waals surface area contributed by atoms with Crippen LogP contribution >= 0.6 is 11.3 Å². The molecule has 0 atom stereocenters. The molecular formula is C19H15N3O3S. The highest BCUT2D eigenvalue weighted by molar-refractivity contribution is 7.10. The van der Waals surface area contributed by atoms with Crippen molar-refractivity contribution in [2.24, 2.45) is 0 Å². The molecule has 6 nitrogen and oxygen atoms in total. The molecule has 2 heterocycles. The number of carbonyl (C=O) groups is 1. The molecule has 130 valence electrons. The summed E-state index contributed by atoms with van der Waals surface area (Å²) >= 11 is 1.27. The van der Waals surface area contributed by atoms with Crippen molar-refractivity contribution in [2.75, 3.05) is 6.61 Å². The second-order valence-corrected chi connectivity index (χ2v) is 5.90. The van der Waals surface area contributed by atoms with Crippen LogP contribution in [-0.4, -0.2) is 27.8 Å². The van der Waals surface area contributed by atoms with E-state index in [2.05, 4.69) is 27.0 Å². The number of benzene rings is 1. The lowest BCUT2D eigenvalue weighted by Gasteiger charge is -2.03. The Morgan fingerprint density at radius 1 is 1.12 bits per heavy atom. The van der Waals surface area contributed by atoms with Crippen molar-refractivity contribution < 1.29 is 14.3 Å². The Labute approximate surface area is 154 Å². The number of hydrogen-bond acceptors (Lipinski definition) is 7. The maximum absolute atomic E-state index is 11.6. The Bertz CT molecular complexity index is 928. The zero-order chi connectivity index (χ0) is 18.2. The van der Waals surface area contributed by atoms with E-state index in [9.17, 15) is 4.79 Å². The fourth-order valence-electron chi connectivity index (χ4n) is 1.94. The van der Waals surface area contributed by atoms with Gasteiger partial charge in [0.25, 0.3) is 0 Å². The van der Waals surface area contributed by atoms with Gasteiger partial charge in [0, 0.05) is 11.4 Å².